The summed E-state index contributed by atoms with van der Waals surface area (Å²) in [6, 6.07) is 21.6. The molecule has 23 heavy (non-hydrogen) atoms. The van der Waals surface area contributed by atoms with E-state index < -0.39 is 0 Å². The van der Waals surface area contributed by atoms with E-state index in [-0.39, 0.29) is 11.9 Å². The number of amides is 1. The van der Waals surface area contributed by atoms with Gasteiger partial charge in [0.25, 0.3) is 5.91 Å². The van der Waals surface area contributed by atoms with Crippen LogP contribution in [0.15, 0.2) is 66.7 Å². The number of carbonyl (C=O) groups excluding carboxylic acids is 1. The first-order chi connectivity index (χ1) is 11.1. The minimum absolute atomic E-state index is 0.0640. The van der Waals surface area contributed by atoms with Gasteiger partial charge in [0, 0.05) is 7.05 Å². The van der Waals surface area contributed by atoms with Crippen LogP contribution in [-0.4, -0.2) is 15.7 Å². The van der Waals surface area contributed by atoms with Crippen LogP contribution in [0.5, 0.6) is 0 Å². The lowest BCUT2D eigenvalue weighted by Crippen LogP contribution is -2.27. The van der Waals surface area contributed by atoms with E-state index in [0.29, 0.717) is 5.69 Å². The second kappa shape index (κ2) is 6.48. The topological polar surface area (TPSA) is 46.9 Å². The van der Waals surface area contributed by atoms with Crippen molar-refractivity contribution >= 4 is 5.91 Å². The average molecular weight is 305 g/mol. The fourth-order valence-corrected chi connectivity index (χ4v) is 2.55. The van der Waals surface area contributed by atoms with Gasteiger partial charge < -0.3 is 5.32 Å². The van der Waals surface area contributed by atoms with Crippen LogP contribution in [0, 0.1) is 0 Å². The molecule has 1 N–H and O–H groups in total. The second-order valence-corrected chi connectivity index (χ2v) is 5.51. The van der Waals surface area contributed by atoms with Crippen LogP contribution in [0.1, 0.15) is 29.0 Å². The summed E-state index contributed by atoms with van der Waals surface area (Å²) in [5.41, 5.74) is 3.45. The van der Waals surface area contributed by atoms with E-state index in [1.165, 1.54) is 0 Å². The predicted octanol–water partition coefficient (Wildman–Crippen LogP) is 3.58. The Morgan fingerprint density at radius 3 is 2.30 bits per heavy atom. The van der Waals surface area contributed by atoms with Gasteiger partial charge in [-0.25, -0.2) is 0 Å². The third-order valence-electron chi connectivity index (χ3n) is 3.83. The number of hydrogen-bond acceptors (Lipinski definition) is 2. The molecule has 0 bridgehead atoms. The van der Waals surface area contributed by atoms with Crippen molar-refractivity contribution in [3.05, 3.63) is 78.0 Å². The van der Waals surface area contributed by atoms with E-state index in [0.717, 1.165) is 16.8 Å². The summed E-state index contributed by atoms with van der Waals surface area (Å²) >= 11 is 0. The molecule has 0 aliphatic rings. The predicted molar refractivity (Wildman–Crippen MR) is 91.0 cm³/mol. The lowest BCUT2D eigenvalue weighted by Gasteiger charge is -2.13. The van der Waals surface area contributed by atoms with Gasteiger partial charge in [0.2, 0.25) is 0 Å². The zero-order valence-corrected chi connectivity index (χ0v) is 13.2. The molecule has 0 saturated heterocycles. The van der Waals surface area contributed by atoms with Gasteiger partial charge in [-0.2, -0.15) is 5.10 Å². The van der Waals surface area contributed by atoms with Gasteiger partial charge >= 0.3 is 0 Å². The molecule has 1 heterocycles. The summed E-state index contributed by atoms with van der Waals surface area (Å²) in [6.07, 6.45) is 0. The first-order valence-electron chi connectivity index (χ1n) is 7.60. The van der Waals surface area contributed by atoms with Gasteiger partial charge in [-0.3, -0.25) is 9.48 Å². The van der Waals surface area contributed by atoms with E-state index in [2.05, 4.69) is 10.4 Å². The van der Waals surface area contributed by atoms with Crippen molar-refractivity contribution in [3.63, 3.8) is 0 Å². The Bertz CT molecular complexity index is 794. The third-order valence-corrected chi connectivity index (χ3v) is 3.83. The highest BCUT2D eigenvalue weighted by Gasteiger charge is 2.16. The molecule has 116 valence electrons. The van der Waals surface area contributed by atoms with Crippen molar-refractivity contribution in [3.8, 4) is 11.3 Å². The zero-order valence-electron chi connectivity index (χ0n) is 13.2. The quantitative estimate of drug-likeness (QED) is 0.801. The van der Waals surface area contributed by atoms with Crippen LogP contribution in [-0.2, 0) is 7.05 Å². The molecule has 1 atom stereocenters. The summed E-state index contributed by atoms with van der Waals surface area (Å²) in [5, 5.41) is 7.33. The van der Waals surface area contributed by atoms with E-state index in [9.17, 15) is 4.79 Å². The Morgan fingerprint density at radius 2 is 1.65 bits per heavy atom. The van der Waals surface area contributed by atoms with Crippen molar-refractivity contribution in [1.82, 2.24) is 15.1 Å². The molecule has 0 aliphatic heterocycles. The van der Waals surface area contributed by atoms with E-state index in [4.69, 9.17) is 0 Å². The number of benzene rings is 2. The number of nitrogens with zero attached hydrogens (tertiary/aromatic N) is 2. The van der Waals surface area contributed by atoms with Gasteiger partial charge in [-0.15, -0.1) is 0 Å². The van der Waals surface area contributed by atoms with Crippen LogP contribution in [0.25, 0.3) is 11.3 Å². The van der Waals surface area contributed by atoms with Gasteiger partial charge in [-0.05, 0) is 24.1 Å². The molecule has 4 heteroatoms. The maximum absolute atomic E-state index is 12.4. The Labute approximate surface area is 135 Å². The van der Waals surface area contributed by atoms with Gasteiger partial charge in [-0.1, -0.05) is 60.7 Å². The average Bonchev–Trinajstić information content (AvgIpc) is 2.98. The SMILES string of the molecule is CC(NC(=O)c1cc(-c2ccccc2)n(C)n1)c1ccccc1. The number of aryl methyl sites for hydroxylation is 1. The van der Waals surface area contributed by atoms with Crippen LogP contribution in [0.2, 0.25) is 0 Å². The van der Waals surface area contributed by atoms with Crippen molar-refractivity contribution in [2.75, 3.05) is 0 Å². The molecule has 1 amide bonds. The summed E-state index contributed by atoms with van der Waals surface area (Å²) in [7, 11) is 1.85. The molecule has 0 radical (unpaired) electrons. The number of aromatic nitrogens is 2. The standard InChI is InChI=1S/C19H19N3O/c1-14(15-9-5-3-6-10-15)20-19(23)17-13-18(22(2)21-17)16-11-7-4-8-12-16/h3-14H,1-2H3,(H,20,23). The lowest BCUT2D eigenvalue weighted by molar-refractivity contribution is 0.0934. The minimum atomic E-state index is -0.167. The fraction of sp³-hybridized carbons (Fsp3) is 0.158. The second-order valence-electron chi connectivity index (χ2n) is 5.51. The first-order valence-corrected chi connectivity index (χ1v) is 7.60. The minimum Gasteiger partial charge on any atom is -0.344 e. The van der Waals surface area contributed by atoms with E-state index in [1.54, 1.807) is 4.68 Å². The molecular formula is C19H19N3O. The summed E-state index contributed by atoms with van der Waals surface area (Å²) < 4.78 is 1.73. The normalized spacial score (nSPS) is 11.9. The van der Waals surface area contributed by atoms with E-state index >= 15 is 0 Å². The highest BCUT2D eigenvalue weighted by Crippen LogP contribution is 2.20. The summed E-state index contributed by atoms with van der Waals surface area (Å²) in [6.45, 7) is 1.97. The molecule has 0 fully saturated rings. The maximum Gasteiger partial charge on any atom is 0.272 e. The number of nitrogens with one attached hydrogen (secondary N) is 1. The van der Waals surface area contributed by atoms with Crippen molar-refractivity contribution in [2.24, 2.45) is 7.05 Å². The Balaban J connectivity index is 1.79. The molecule has 2 aromatic carbocycles. The molecule has 3 rings (SSSR count). The fourth-order valence-electron chi connectivity index (χ4n) is 2.55. The Morgan fingerprint density at radius 1 is 1.04 bits per heavy atom. The highest BCUT2D eigenvalue weighted by molar-refractivity contribution is 5.93. The molecule has 3 aromatic rings. The molecule has 4 nitrogen and oxygen atoms in total. The van der Waals surface area contributed by atoms with Crippen molar-refractivity contribution < 1.29 is 4.79 Å². The van der Waals surface area contributed by atoms with Crippen molar-refractivity contribution in [2.45, 2.75) is 13.0 Å². The molecule has 0 saturated carbocycles. The molecule has 0 spiro atoms. The summed E-state index contributed by atoms with van der Waals surface area (Å²) in [4.78, 5) is 12.4. The monoisotopic (exact) mass is 305 g/mol. The number of carbonyl (C=O) groups is 1. The van der Waals surface area contributed by atoms with Crippen molar-refractivity contribution in [1.29, 1.82) is 0 Å². The Hall–Kier alpha value is -2.88. The Kier molecular flexibility index (Phi) is 4.24. The van der Waals surface area contributed by atoms with Gasteiger partial charge in [0.1, 0.15) is 0 Å². The van der Waals surface area contributed by atoms with Crippen LogP contribution in [0.3, 0.4) is 0 Å². The molecule has 1 aromatic heterocycles. The molecular weight excluding hydrogens is 286 g/mol. The third kappa shape index (κ3) is 3.31. The number of hydrogen-bond donors (Lipinski definition) is 1. The highest BCUT2D eigenvalue weighted by atomic mass is 16.2. The molecule has 0 aliphatic carbocycles. The maximum atomic E-state index is 12.4. The zero-order chi connectivity index (χ0) is 16.2. The summed E-state index contributed by atoms with van der Waals surface area (Å²) in [5.74, 6) is -0.167. The molecule has 1 unspecified atom stereocenters. The first kappa shape index (κ1) is 15.0. The smallest absolute Gasteiger partial charge is 0.272 e. The van der Waals surface area contributed by atoms with Crippen LogP contribution >= 0.6 is 0 Å². The van der Waals surface area contributed by atoms with Crippen LogP contribution < -0.4 is 5.32 Å². The number of rotatable bonds is 4. The van der Waals surface area contributed by atoms with E-state index in [1.807, 2.05) is 80.7 Å². The van der Waals surface area contributed by atoms with Crippen LogP contribution in [0.4, 0.5) is 0 Å². The van der Waals surface area contributed by atoms with Gasteiger partial charge in [0.05, 0.1) is 11.7 Å². The largest absolute Gasteiger partial charge is 0.344 e. The lowest BCUT2D eigenvalue weighted by atomic mass is 10.1. The van der Waals surface area contributed by atoms with Gasteiger partial charge in [0.15, 0.2) is 5.69 Å².